The first-order chi connectivity index (χ1) is 4.20. The third kappa shape index (κ3) is 4.60. The molecule has 0 rings (SSSR count). The van der Waals surface area contributed by atoms with Gasteiger partial charge in [-0.1, -0.05) is 0 Å². The maximum Gasteiger partial charge on any atom is 0.394 e. The zero-order chi connectivity index (χ0) is 7.28. The van der Waals surface area contributed by atoms with Crippen LogP contribution in [-0.2, 0) is 9.68 Å². The van der Waals surface area contributed by atoms with Crippen molar-refractivity contribution in [2.75, 3.05) is 14.2 Å². The van der Waals surface area contributed by atoms with Crippen LogP contribution in [0.4, 0.5) is 0 Å². The summed E-state index contributed by atoms with van der Waals surface area (Å²) < 4.78 is -1.33. The monoisotopic (exact) mass is 156 g/mol. The Morgan fingerprint density at radius 2 is 1.44 bits per heavy atom. The van der Waals surface area contributed by atoms with E-state index in [2.05, 4.69) is 9.68 Å². The van der Waals surface area contributed by atoms with Gasteiger partial charge in [0.05, 0.1) is 14.2 Å². The number of rotatable bonds is 4. The van der Waals surface area contributed by atoms with Gasteiger partial charge in [-0.25, -0.2) is 0 Å². The molecule has 0 aromatic heterocycles. The summed E-state index contributed by atoms with van der Waals surface area (Å²) in [6, 6.07) is 0. The Morgan fingerprint density at radius 1 is 1.11 bits per heavy atom. The number of hydrogen-bond donors (Lipinski definition) is 2. The molecule has 0 saturated heterocycles. The lowest BCUT2D eigenvalue weighted by Crippen LogP contribution is -3.15. The van der Waals surface area contributed by atoms with Crippen LogP contribution in [0.2, 0.25) is 0 Å². The molecule has 0 spiro atoms. The van der Waals surface area contributed by atoms with Gasteiger partial charge in [0, 0.05) is 0 Å². The second-order valence-corrected chi connectivity index (χ2v) is 1.88. The molecule has 9 heavy (non-hydrogen) atoms. The minimum atomic E-state index is -0.665. The molecule has 0 fully saturated rings. The lowest BCUT2D eigenvalue weighted by atomic mass is 11.7. The molecule has 0 bridgehead atoms. The van der Waals surface area contributed by atoms with E-state index in [0.29, 0.717) is 12.1 Å². The molecule has 2 N–H and O–H groups in total. The fourth-order valence-electron chi connectivity index (χ4n) is 0.151. The fourth-order valence-corrected chi connectivity index (χ4v) is 0.454. The molecule has 7 heteroatoms. The van der Waals surface area contributed by atoms with E-state index in [-0.39, 0.29) is 0 Å². The second-order valence-electron chi connectivity index (χ2n) is 1.01. The van der Waals surface area contributed by atoms with Gasteiger partial charge in [0.1, 0.15) is 0 Å². The predicted molar refractivity (Wildman–Crippen MR) is 30.3 cm³/mol. The molecule has 2 unspecified atom stereocenters. The first kappa shape index (κ1) is 9.11. The Balaban J connectivity index is 3.22. The highest BCUT2D eigenvalue weighted by Crippen LogP contribution is 1.62. The van der Waals surface area contributed by atoms with Crippen LogP contribution >= 0.6 is 12.1 Å². The van der Waals surface area contributed by atoms with Crippen LogP contribution in [0.25, 0.3) is 0 Å². The van der Waals surface area contributed by atoms with E-state index in [1.165, 1.54) is 14.2 Å². The van der Waals surface area contributed by atoms with Gasteiger partial charge in [-0.15, -0.1) is 9.26 Å². The summed E-state index contributed by atoms with van der Waals surface area (Å²) in [5.74, 6) is 0. The molecule has 0 radical (unpaired) electrons. The second kappa shape index (κ2) is 4.94. The quantitative estimate of drug-likeness (QED) is 0.346. The molecule has 0 aliphatic heterocycles. The highest BCUT2D eigenvalue weighted by molar-refractivity contribution is 7.86. The smallest absolute Gasteiger partial charge is 0.394 e. The van der Waals surface area contributed by atoms with Gasteiger partial charge in [-0.2, -0.15) is 9.68 Å². The lowest BCUT2D eigenvalue weighted by molar-refractivity contribution is -1.01. The average molecular weight is 156 g/mol. The molecule has 0 heterocycles. The van der Waals surface area contributed by atoms with Gasteiger partial charge in [0.15, 0.2) is 0 Å². The van der Waals surface area contributed by atoms with Gasteiger partial charge >= 0.3 is 12.1 Å². The van der Waals surface area contributed by atoms with Crippen molar-refractivity contribution in [1.82, 2.24) is 0 Å². The number of quaternary nitrogens is 2. The van der Waals surface area contributed by atoms with Gasteiger partial charge in [0.2, 0.25) is 0 Å². The standard InChI is InChI=1S/C2H8N2O4S/c1-7-3(5)9-4(6)8-2/h3-4H,1-2H3. The topological polar surface area (TPSA) is 73.5 Å². The van der Waals surface area contributed by atoms with Crippen molar-refractivity contribution >= 4 is 12.1 Å². The van der Waals surface area contributed by atoms with Crippen molar-refractivity contribution < 1.29 is 18.9 Å². The molecular formula is C2H8N2O4S. The Kier molecular flexibility index (Phi) is 5.00. The third-order valence-electron chi connectivity index (χ3n) is 0.500. The number of hydrogen-bond acceptors (Lipinski definition) is 5. The SMILES string of the molecule is CO[NH+]([O-])S[NH+]([O-])OC. The van der Waals surface area contributed by atoms with E-state index in [4.69, 9.17) is 0 Å². The molecule has 0 aliphatic carbocycles. The van der Waals surface area contributed by atoms with E-state index in [0.717, 1.165) is 0 Å². The van der Waals surface area contributed by atoms with Crippen LogP contribution in [0.1, 0.15) is 0 Å². The van der Waals surface area contributed by atoms with Crippen LogP contribution in [0, 0.1) is 10.4 Å². The third-order valence-corrected chi connectivity index (χ3v) is 1.17. The zero-order valence-corrected chi connectivity index (χ0v) is 5.86. The first-order valence-corrected chi connectivity index (χ1v) is 2.86. The van der Waals surface area contributed by atoms with Gasteiger partial charge < -0.3 is 10.4 Å². The van der Waals surface area contributed by atoms with Crippen LogP contribution < -0.4 is 9.26 Å². The van der Waals surface area contributed by atoms with E-state index in [1.54, 1.807) is 0 Å². The van der Waals surface area contributed by atoms with Crippen molar-refractivity contribution in [2.24, 2.45) is 0 Å². The minimum absolute atomic E-state index is 0.377. The average Bonchev–Trinajstić information content (AvgIpc) is 1.87. The van der Waals surface area contributed by atoms with Crippen molar-refractivity contribution in [3.05, 3.63) is 10.4 Å². The fraction of sp³-hybridized carbons (Fsp3) is 1.00. The number of nitrogens with one attached hydrogen (secondary N) is 2. The summed E-state index contributed by atoms with van der Waals surface area (Å²) in [4.78, 5) is 8.29. The molecule has 56 valence electrons. The van der Waals surface area contributed by atoms with E-state index in [9.17, 15) is 10.4 Å². The van der Waals surface area contributed by atoms with Crippen LogP contribution in [-0.4, -0.2) is 14.2 Å². The molecule has 0 aliphatic rings. The molecule has 2 atom stereocenters. The maximum absolute atomic E-state index is 10.2. The van der Waals surface area contributed by atoms with Crippen LogP contribution in [0.15, 0.2) is 0 Å². The van der Waals surface area contributed by atoms with Crippen molar-refractivity contribution in [2.45, 2.75) is 0 Å². The lowest BCUT2D eigenvalue weighted by Gasteiger charge is -2.17. The summed E-state index contributed by atoms with van der Waals surface area (Å²) in [5.41, 5.74) is 0. The predicted octanol–water partition coefficient (Wildman–Crippen LogP) is -2.56. The normalized spacial score (nSPS) is 17.3. The Bertz CT molecular complexity index is 65.6. The highest BCUT2D eigenvalue weighted by Gasteiger charge is 2.06. The van der Waals surface area contributed by atoms with Crippen molar-refractivity contribution in [1.29, 1.82) is 0 Å². The van der Waals surface area contributed by atoms with E-state index in [1.807, 2.05) is 0 Å². The molecule has 0 aromatic carbocycles. The summed E-state index contributed by atoms with van der Waals surface area (Å²) >= 11 is 0.377. The highest BCUT2D eigenvalue weighted by atomic mass is 32.2. The largest absolute Gasteiger partial charge is 0.584 e. The minimum Gasteiger partial charge on any atom is -0.584 e. The molecule has 6 nitrogen and oxygen atoms in total. The molecule has 0 aromatic rings. The summed E-state index contributed by atoms with van der Waals surface area (Å²) in [7, 11) is 2.39. The van der Waals surface area contributed by atoms with Crippen LogP contribution in [0.5, 0.6) is 0 Å². The molecule has 0 saturated carbocycles. The van der Waals surface area contributed by atoms with Crippen LogP contribution in [0.3, 0.4) is 0 Å². The van der Waals surface area contributed by atoms with Gasteiger partial charge in [-0.3, -0.25) is 0 Å². The summed E-state index contributed by atoms with van der Waals surface area (Å²) in [6.45, 7) is 0. The Morgan fingerprint density at radius 3 is 1.67 bits per heavy atom. The van der Waals surface area contributed by atoms with Crippen molar-refractivity contribution in [3.63, 3.8) is 0 Å². The van der Waals surface area contributed by atoms with E-state index < -0.39 is 9.26 Å². The summed E-state index contributed by atoms with van der Waals surface area (Å²) in [5, 5.41) is 20.4. The van der Waals surface area contributed by atoms with Crippen molar-refractivity contribution in [3.8, 4) is 0 Å². The van der Waals surface area contributed by atoms with Gasteiger partial charge in [0.25, 0.3) is 0 Å². The molecular weight excluding hydrogens is 148 g/mol. The Hall–Kier alpha value is 0.110. The zero-order valence-electron chi connectivity index (χ0n) is 5.04. The summed E-state index contributed by atoms with van der Waals surface area (Å²) in [6.07, 6.45) is 0. The van der Waals surface area contributed by atoms with E-state index >= 15 is 0 Å². The first-order valence-electron chi connectivity index (χ1n) is 2.04. The van der Waals surface area contributed by atoms with Gasteiger partial charge in [-0.05, 0) is 0 Å². The maximum atomic E-state index is 10.2. The molecule has 0 amide bonds. The Labute approximate surface area is 56.6 Å².